The fourth-order valence-corrected chi connectivity index (χ4v) is 4.39. The fraction of sp³-hybridized carbons (Fsp3) is 0.406. The first-order chi connectivity index (χ1) is 18.1. The lowest BCUT2D eigenvalue weighted by Gasteiger charge is -2.24. The van der Waals surface area contributed by atoms with Gasteiger partial charge in [-0.05, 0) is 59.4 Å². The van der Waals surface area contributed by atoms with Crippen molar-refractivity contribution < 1.29 is 23.7 Å². The summed E-state index contributed by atoms with van der Waals surface area (Å²) in [6, 6.07) is 23.9. The molecule has 0 radical (unpaired) electrons. The van der Waals surface area contributed by atoms with Gasteiger partial charge in [0.25, 0.3) is 0 Å². The largest absolute Gasteiger partial charge is 0.462 e. The van der Waals surface area contributed by atoms with Gasteiger partial charge in [0.05, 0.1) is 0 Å². The summed E-state index contributed by atoms with van der Waals surface area (Å²) >= 11 is 0. The van der Waals surface area contributed by atoms with E-state index in [2.05, 4.69) is 25.1 Å². The predicted octanol–water partition coefficient (Wildman–Crippen LogP) is 8.06. The molecule has 198 valence electrons. The maximum atomic E-state index is 12.4. The second kappa shape index (κ2) is 15.2. The van der Waals surface area contributed by atoms with Gasteiger partial charge in [-0.2, -0.15) is 0 Å². The first-order valence-corrected chi connectivity index (χ1v) is 13.3. The Balaban J connectivity index is 1.78. The molecule has 3 aromatic carbocycles. The average molecular weight is 505 g/mol. The number of unbranched alkanes of at least 4 members (excludes halogenated alkanes) is 4. The molecule has 0 aliphatic rings. The standard InChI is InChI=1S/C32H40O5/c1-5-7-8-9-10-21-31(33)36-26-17-13-15-24(22-26)28-19-11-12-20-29(28)25-16-14-18-27(23-25)37-32(35-4)30(6-2)34-3/h11-20,22-23,30,32H,5-10,21H2,1-4H3/t30-,32?/m0/s1. The van der Waals surface area contributed by atoms with E-state index in [1.165, 1.54) is 19.3 Å². The monoisotopic (exact) mass is 504 g/mol. The molecule has 0 aliphatic heterocycles. The molecular weight excluding hydrogens is 464 g/mol. The molecule has 0 amide bonds. The van der Waals surface area contributed by atoms with Gasteiger partial charge >= 0.3 is 5.97 Å². The van der Waals surface area contributed by atoms with Crippen molar-refractivity contribution >= 4 is 5.97 Å². The van der Waals surface area contributed by atoms with Gasteiger partial charge in [0, 0.05) is 20.6 Å². The van der Waals surface area contributed by atoms with Gasteiger partial charge in [-0.25, -0.2) is 0 Å². The molecule has 0 aliphatic carbocycles. The van der Waals surface area contributed by atoms with Crippen LogP contribution < -0.4 is 9.47 Å². The molecule has 3 rings (SSSR count). The van der Waals surface area contributed by atoms with E-state index in [9.17, 15) is 4.79 Å². The van der Waals surface area contributed by atoms with E-state index in [0.717, 1.165) is 41.5 Å². The molecule has 1 unspecified atom stereocenters. The highest BCUT2D eigenvalue weighted by atomic mass is 16.7. The summed E-state index contributed by atoms with van der Waals surface area (Å²) < 4.78 is 22.8. The zero-order chi connectivity index (χ0) is 26.5. The van der Waals surface area contributed by atoms with E-state index in [1.54, 1.807) is 14.2 Å². The van der Waals surface area contributed by atoms with Gasteiger partial charge in [-0.1, -0.05) is 88.1 Å². The van der Waals surface area contributed by atoms with Crippen LogP contribution in [0, 0.1) is 0 Å². The van der Waals surface area contributed by atoms with Crippen molar-refractivity contribution in [3.63, 3.8) is 0 Å². The molecule has 2 atom stereocenters. The van der Waals surface area contributed by atoms with Crippen molar-refractivity contribution in [2.75, 3.05) is 14.2 Å². The van der Waals surface area contributed by atoms with E-state index < -0.39 is 6.29 Å². The van der Waals surface area contributed by atoms with Crippen LogP contribution in [0.2, 0.25) is 0 Å². The van der Waals surface area contributed by atoms with Crippen molar-refractivity contribution in [1.29, 1.82) is 0 Å². The number of benzene rings is 3. The second-order valence-electron chi connectivity index (χ2n) is 9.14. The van der Waals surface area contributed by atoms with Gasteiger partial charge in [-0.15, -0.1) is 0 Å². The topological polar surface area (TPSA) is 54.0 Å². The van der Waals surface area contributed by atoms with Gasteiger partial charge in [0.1, 0.15) is 17.6 Å². The normalized spacial score (nSPS) is 12.6. The third-order valence-electron chi connectivity index (χ3n) is 6.43. The van der Waals surface area contributed by atoms with E-state index in [0.29, 0.717) is 17.9 Å². The molecule has 0 heterocycles. The van der Waals surface area contributed by atoms with Gasteiger partial charge < -0.3 is 18.9 Å². The summed E-state index contributed by atoms with van der Waals surface area (Å²) in [5.41, 5.74) is 4.10. The first-order valence-electron chi connectivity index (χ1n) is 13.3. The Bertz CT molecular complexity index is 1110. The Morgan fingerprint density at radius 1 is 0.730 bits per heavy atom. The van der Waals surface area contributed by atoms with Crippen LogP contribution in [0.15, 0.2) is 72.8 Å². The van der Waals surface area contributed by atoms with Crippen LogP contribution in [0.1, 0.15) is 58.8 Å². The molecule has 0 fully saturated rings. The van der Waals surface area contributed by atoms with Gasteiger partial charge in [-0.3, -0.25) is 4.79 Å². The van der Waals surface area contributed by atoms with E-state index in [-0.39, 0.29) is 12.1 Å². The molecule has 0 saturated heterocycles. The van der Waals surface area contributed by atoms with E-state index in [1.807, 2.05) is 61.5 Å². The van der Waals surface area contributed by atoms with E-state index >= 15 is 0 Å². The Kier molecular flexibility index (Phi) is 11.7. The minimum atomic E-state index is -0.501. The quantitative estimate of drug-likeness (QED) is 0.0906. The summed E-state index contributed by atoms with van der Waals surface area (Å²) in [6.45, 7) is 4.22. The number of rotatable bonds is 15. The van der Waals surface area contributed by atoms with Crippen LogP contribution in [-0.2, 0) is 14.3 Å². The lowest BCUT2D eigenvalue weighted by atomic mass is 9.94. The van der Waals surface area contributed by atoms with Crippen molar-refractivity contribution in [3.05, 3.63) is 72.8 Å². The zero-order valence-corrected chi connectivity index (χ0v) is 22.6. The third-order valence-corrected chi connectivity index (χ3v) is 6.43. The van der Waals surface area contributed by atoms with E-state index in [4.69, 9.17) is 18.9 Å². The van der Waals surface area contributed by atoms with Crippen LogP contribution in [0.25, 0.3) is 22.3 Å². The van der Waals surface area contributed by atoms with Crippen LogP contribution in [0.3, 0.4) is 0 Å². The predicted molar refractivity (Wildman–Crippen MR) is 149 cm³/mol. The molecule has 0 bridgehead atoms. The smallest absolute Gasteiger partial charge is 0.311 e. The minimum Gasteiger partial charge on any atom is -0.462 e. The van der Waals surface area contributed by atoms with Crippen molar-refractivity contribution in [2.24, 2.45) is 0 Å². The number of hydrogen-bond acceptors (Lipinski definition) is 5. The molecule has 5 nitrogen and oxygen atoms in total. The summed E-state index contributed by atoms with van der Waals surface area (Å²) in [5, 5.41) is 0. The molecule has 0 N–H and O–H groups in total. The first kappa shape index (κ1) is 28.4. The van der Waals surface area contributed by atoms with Gasteiger partial charge in [0.2, 0.25) is 6.29 Å². The van der Waals surface area contributed by atoms with Gasteiger partial charge in [0.15, 0.2) is 0 Å². The number of esters is 1. The molecule has 37 heavy (non-hydrogen) atoms. The molecule has 5 heteroatoms. The maximum Gasteiger partial charge on any atom is 0.311 e. The summed E-state index contributed by atoms with van der Waals surface area (Å²) in [4.78, 5) is 12.4. The Hall–Kier alpha value is -3.15. The van der Waals surface area contributed by atoms with Crippen LogP contribution in [0.5, 0.6) is 11.5 Å². The van der Waals surface area contributed by atoms with Crippen LogP contribution >= 0.6 is 0 Å². The second-order valence-corrected chi connectivity index (χ2v) is 9.14. The van der Waals surface area contributed by atoms with Crippen molar-refractivity contribution in [3.8, 4) is 33.8 Å². The van der Waals surface area contributed by atoms with Crippen LogP contribution in [0.4, 0.5) is 0 Å². The summed E-state index contributed by atoms with van der Waals surface area (Å²) in [6.07, 6.45) is 6.06. The summed E-state index contributed by atoms with van der Waals surface area (Å²) in [7, 11) is 3.28. The minimum absolute atomic E-state index is 0.164. The van der Waals surface area contributed by atoms with Crippen molar-refractivity contribution in [2.45, 2.75) is 71.2 Å². The van der Waals surface area contributed by atoms with Crippen molar-refractivity contribution in [1.82, 2.24) is 0 Å². The fourth-order valence-electron chi connectivity index (χ4n) is 4.39. The number of carbonyl (C=O) groups is 1. The maximum absolute atomic E-state index is 12.4. The average Bonchev–Trinajstić information content (AvgIpc) is 2.93. The molecule has 0 spiro atoms. The third kappa shape index (κ3) is 8.44. The Morgan fingerprint density at radius 2 is 1.35 bits per heavy atom. The number of ether oxygens (including phenoxy) is 4. The lowest BCUT2D eigenvalue weighted by Crippen LogP contribution is -2.34. The highest BCUT2D eigenvalue weighted by molar-refractivity contribution is 5.84. The molecule has 0 saturated carbocycles. The highest BCUT2D eigenvalue weighted by Crippen LogP contribution is 2.35. The summed E-state index contributed by atoms with van der Waals surface area (Å²) in [5.74, 6) is 1.09. The Morgan fingerprint density at radius 3 is 1.95 bits per heavy atom. The SMILES string of the molecule is CCCCCCCC(=O)Oc1cccc(-c2ccccc2-c2cccc(OC(OC)[C@H](CC)OC)c2)c1. The zero-order valence-electron chi connectivity index (χ0n) is 22.6. The van der Waals surface area contributed by atoms with Crippen LogP contribution in [-0.4, -0.2) is 32.6 Å². The Labute approximate surface area is 221 Å². The molecule has 0 aromatic heterocycles. The molecule has 3 aromatic rings. The highest BCUT2D eigenvalue weighted by Gasteiger charge is 2.21. The number of carbonyl (C=O) groups excluding carboxylic acids is 1. The number of hydrogen-bond donors (Lipinski definition) is 0. The number of methoxy groups -OCH3 is 2. The lowest BCUT2D eigenvalue weighted by molar-refractivity contribution is -0.139. The molecular formula is C32H40O5.